The van der Waals surface area contributed by atoms with Gasteiger partial charge in [0.2, 0.25) is 0 Å². The number of rotatable bonds is 6. The predicted molar refractivity (Wildman–Crippen MR) is 58.4 cm³/mol. The van der Waals surface area contributed by atoms with Crippen LogP contribution in [-0.2, 0) is 14.3 Å². The quantitative estimate of drug-likeness (QED) is 0.504. The monoisotopic (exact) mass is 218 g/mol. The molecule has 0 atom stereocenters. The molecule has 0 spiro atoms. The Balaban J connectivity index is 4.28. The summed E-state index contributed by atoms with van der Waals surface area (Å²) in [6.07, 6.45) is 0. The number of thioether (sulfide) groups is 1. The van der Waals surface area contributed by atoms with Crippen LogP contribution in [0.3, 0.4) is 0 Å². The van der Waals surface area contributed by atoms with Crippen LogP contribution < -0.4 is 0 Å². The molecule has 0 unspecified atom stereocenters. The minimum Gasteiger partial charge on any atom is -0.465 e. The van der Waals surface area contributed by atoms with E-state index in [-0.39, 0.29) is 5.78 Å². The summed E-state index contributed by atoms with van der Waals surface area (Å²) in [6.45, 7) is 7.26. The maximum atomic E-state index is 11.6. The van der Waals surface area contributed by atoms with E-state index in [0.717, 1.165) is 5.75 Å². The molecule has 0 aliphatic carbocycles. The number of Topliss-reactive ketones (excluding diaryl/α,β-unsaturated/α-hetero) is 1. The lowest BCUT2D eigenvalue weighted by Crippen LogP contribution is -2.36. The van der Waals surface area contributed by atoms with Crippen molar-refractivity contribution in [1.29, 1.82) is 0 Å². The van der Waals surface area contributed by atoms with Gasteiger partial charge in [-0.25, -0.2) is 0 Å². The second kappa shape index (κ2) is 6.06. The van der Waals surface area contributed by atoms with Gasteiger partial charge in [0.15, 0.2) is 5.78 Å². The molecule has 0 aliphatic heterocycles. The Morgan fingerprint density at radius 2 is 1.86 bits per heavy atom. The summed E-state index contributed by atoms with van der Waals surface area (Å²) in [5.74, 6) is 0.761. The zero-order chi connectivity index (χ0) is 11.2. The summed E-state index contributed by atoms with van der Waals surface area (Å²) < 4.78 is 4.84. The smallest absolute Gasteiger partial charge is 0.319 e. The van der Waals surface area contributed by atoms with Crippen LogP contribution in [-0.4, -0.2) is 29.9 Å². The van der Waals surface area contributed by atoms with Crippen LogP contribution in [0.15, 0.2) is 0 Å². The summed E-state index contributed by atoms with van der Waals surface area (Å²) in [6, 6.07) is 0. The van der Waals surface area contributed by atoms with Crippen LogP contribution in [0.4, 0.5) is 0 Å². The third-order valence-electron chi connectivity index (χ3n) is 1.92. The van der Waals surface area contributed by atoms with Gasteiger partial charge < -0.3 is 4.74 Å². The number of esters is 1. The zero-order valence-electron chi connectivity index (χ0n) is 9.25. The highest BCUT2D eigenvalue weighted by molar-refractivity contribution is 7.99. The van der Waals surface area contributed by atoms with Gasteiger partial charge in [-0.15, -0.1) is 0 Å². The molecule has 0 saturated heterocycles. The summed E-state index contributed by atoms with van der Waals surface area (Å²) in [4.78, 5) is 23.0. The summed E-state index contributed by atoms with van der Waals surface area (Å²) >= 11 is 1.52. The number of carbonyl (C=O) groups is 2. The van der Waals surface area contributed by atoms with E-state index < -0.39 is 11.4 Å². The van der Waals surface area contributed by atoms with Gasteiger partial charge in [0, 0.05) is 0 Å². The first-order valence-electron chi connectivity index (χ1n) is 4.75. The third kappa shape index (κ3) is 3.70. The van der Waals surface area contributed by atoms with Crippen LogP contribution in [0.2, 0.25) is 0 Å². The minimum absolute atomic E-state index is 0.0669. The Kier molecular flexibility index (Phi) is 5.84. The van der Waals surface area contributed by atoms with Crippen molar-refractivity contribution in [2.75, 3.05) is 18.1 Å². The highest BCUT2D eigenvalue weighted by Crippen LogP contribution is 2.21. The van der Waals surface area contributed by atoms with Gasteiger partial charge in [-0.05, 0) is 26.5 Å². The Bertz CT molecular complexity index is 211. The van der Waals surface area contributed by atoms with Crippen molar-refractivity contribution in [3.8, 4) is 0 Å². The molecule has 0 radical (unpaired) electrons. The van der Waals surface area contributed by atoms with Crippen LogP contribution in [0.25, 0.3) is 0 Å². The van der Waals surface area contributed by atoms with Crippen molar-refractivity contribution in [2.45, 2.75) is 27.7 Å². The number of ketones is 1. The van der Waals surface area contributed by atoms with E-state index in [1.807, 2.05) is 6.92 Å². The molecular formula is C10H18O3S. The average Bonchev–Trinajstić information content (AvgIpc) is 2.14. The van der Waals surface area contributed by atoms with Crippen molar-refractivity contribution in [2.24, 2.45) is 5.41 Å². The predicted octanol–water partition coefficient (Wildman–Crippen LogP) is 1.90. The first-order chi connectivity index (χ1) is 6.46. The summed E-state index contributed by atoms with van der Waals surface area (Å²) in [7, 11) is 0. The Morgan fingerprint density at radius 1 is 1.29 bits per heavy atom. The lowest BCUT2D eigenvalue weighted by atomic mass is 9.89. The van der Waals surface area contributed by atoms with Crippen molar-refractivity contribution < 1.29 is 14.3 Å². The standard InChI is InChI=1S/C10H18O3S/c1-5-13-9(12)10(3,4)8(11)7-14-6-2/h5-7H2,1-4H3. The molecule has 82 valence electrons. The fraction of sp³-hybridized carbons (Fsp3) is 0.800. The molecule has 14 heavy (non-hydrogen) atoms. The zero-order valence-corrected chi connectivity index (χ0v) is 10.1. The Labute approximate surface area is 89.6 Å². The van der Waals surface area contributed by atoms with Gasteiger partial charge in [-0.2, -0.15) is 11.8 Å². The van der Waals surface area contributed by atoms with Crippen LogP contribution in [0, 0.1) is 5.41 Å². The van der Waals surface area contributed by atoms with E-state index >= 15 is 0 Å². The topological polar surface area (TPSA) is 43.4 Å². The van der Waals surface area contributed by atoms with Gasteiger partial charge in [-0.1, -0.05) is 6.92 Å². The van der Waals surface area contributed by atoms with E-state index in [1.54, 1.807) is 20.8 Å². The number of ether oxygens (including phenoxy) is 1. The SMILES string of the molecule is CCOC(=O)C(C)(C)C(=O)CSCC. The minimum atomic E-state index is -1.00. The highest BCUT2D eigenvalue weighted by atomic mass is 32.2. The molecule has 0 rings (SSSR count). The number of hydrogen-bond acceptors (Lipinski definition) is 4. The molecule has 0 aromatic rings. The second-order valence-corrected chi connectivity index (χ2v) is 4.68. The maximum Gasteiger partial charge on any atom is 0.319 e. The molecule has 3 nitrogen and oxygen atoms in total. The van der Waals surface area contributed by atoms with Crippen molar-refractivity contribution in [1.82, 2.24) is 0 Å². The molecule has 0 N–H and O–H groups in total. The molecule has 4 heteroatoms. The second-order valence-electron chi connectivity index (χ2n) is 3.41. The van der Waals surface area contributed by atoms with Crippen LogP contribution >= 0.6 is 11.8 Å². The van der Waals surface area contributed by atoms with Crippen molar-refractivity contribution in [3.63, 3.8) is 0 Å². The average molecular weight is 218 g/mol. The molecule has 0 aromatic carbocycles. The van der Waals surface area contributed by atoms with E-state index in [0.29, 0.717) is 12.4 Å². The molecular weight excluding hydrogens is 200 g/mol. The largest absolute Gasteiger partial charge is 0.465 e. The fourth-order valence-corrected chi connectivity index (χ4v) is 1.55. The lowest BCUT2D eigenvalue weighted by molar-refractivity contribution is -0.157. The normalized spacial score (nSPS) is 11.1. The van der Waals surface area contributed by atoms with Gasteiger partial charge >= 0.3 is 5.97 Å². The molecule has 0 bridgehead atoms. The lowest BCUT2D eigenvalue weighted by Gasteiger charge is -2.20. The molecule has 0 aliphatic rings. The summed E-state index contributed by atoms with van der Waals surface area (Å²) in [5.41, 5.74) is -1.00. The molecule has 0 aromatic heterocycles. The molecule has 0 heterocycles. The van der Waals surface area contributed by atoms with Crippen LogP contribution in [0.1, 0.15) is 27.7 Å². The first-order valence-corrected chi connectivity index (χ1v) is 5.90. The van der Waals surface area contributed by atoms with Gasteiger partial charge in [0.05, 0.1) is 12.4 Å². The van der Waals surface area contributed by atoms with Crippen molar-refractivity contribution in [3.05, 3.63) is 0 Å². The summed E-state index contributed by atoms with van der Waals surface area (Å²) in [5, 5.41) is 0. The highest BCUT2D eigenvalue weighted by Gasteiger charge is 2.36. The van der Waals surface area contributed by atoms with Crippen LogP contribution in [0.5, 0.6) is 0 Å². The number of carbonyl (C=O) groups excluding carboxylic acids is 2. The third-order valence-corrected chi connectivity index (χ3v) is 2.79. The Morgan fingerprint density at radius 3 is 2.29 bits per heavy atom. The van der Waals surface area contributed by atoms with E-state index in [1.165, 1.54) is 11.8 Å². The fourth-order valence-electron chi connectivity index (χ4n) is 0.801. The van der Waals surface area contributed by atoms with E-state index in [2.05, 4.69) is 0 Å². The van der Waals surface area contributed by atoms with E-state index in [9.17, 15) is 9.59 Å². The molecule has 0 amide bonds. The van der Waals surface area contributed by atoms with Gasteiger partial charge in [0.25, 0.3) is 0 Å². The van der Waals surface area contributed by atoms with Gasteiger partial charge in [0.1, 0.15) is 5.41 Å². The van der Waals surface area contributed by atoms with Crippen molar-refractivity contribution >= 4 is 23.5 Å². The molecule has 0 saturated carbocycles. The first kappa shape index (κ1) is 13.5. The number of hydrogen-bond donors (Lipinski definition) is 0. The van der Waals surface area contributed by atoms with E-state index in [4.69, 9.17) is 4.74 Å². The maximum absolute atomic E-state index is 11.6. The Hall–Kier alpha value is -0.510. The molecule has 0 fully saturated rings. The van der Waals surface area contributed by atoms with Gasteiger partial charge in [-0.3, -0.25) is 9.59 Å².